The maximum atomic E-state index is 12.7. The summed E-state index contributed by atoms with van der Waals surface area (Å²) in [6, 6.07) is 8.86. The normalized spacial score (nSPS) is 25.1. The first kappa shape index (κ1) is 13.8. The number of benzene rings is 1. The molecule has 3 rings (SSSR count). The SMILES string of the molecule is N#Cc1ccc(C(=O)N2CCCC2C2CCCC2=O)cc1. The van der Waals surface area contributed by atoms with Crippen molar-refractivity contribution in [1.82, 2.24) is 4.90 Å². The van der Waals surface area contributed by atoms with Crippen molar-refractivity contribution in [3.05, 3.63) is 35.4 Å². The van der Waals surface area contributed by atoms with E-state index < -0.39 is 0 Å². The van der Waals surface area contributed by atoms with Gasteiger partial charge < -0.3 is 4.90 Å². The highest BCUT2D eigenvalue weighted by molar-refractivity contribution is 5.95. The van der Waals surface area contributed by atoms with Crippen LogP contribution < -0.4 is 0 Å². The van der Waals surface area contributed by atoms with Gasteiger partial charge in [0.2, 0.25) is 0 Å². The lowest BCUT2D eigenvalue weighted by molar-refractivity contribution is -0.121. The third kappa shape index (κ3) is 2.56. The number of hydrogen-bond donors (Lipinski definition) is 0. The van der Waals surface area contributed by atoms with Gasteiger partial charge in [-0.3, -0.25) is 9.59 Å². The van der Waals surface area contributed by atoms with E-state index in [0.717, 1.165) is 32.2 Å². The molecule has 1 aromatic rings. The lowest BCUT2D eigenvalue weighted by Crippen LogP contribution is -2.41. The monoisotopic (exact) mass is 282 g/mol. The maximum Gasteiger partial charge on any atom is 0.254 e. The zero-order chi connectivity index (χ0) is 14.8. The van der Waals surface area contributed by atoms with E-state index in [2.05, 4.69) is 6.07 Å². The Hall–Kier alpha value is -2.15. The first-order valence-electron chi connectivity index (χ1n) is 7.54. The predicted molar refractivity (Wildman–Crippen MR) is 77.6 cm³/mol. The van der Waals surface area contributed by atoms with Crippen LogP contribution in [0.25, 0.3) is 0 Å². The molecule has 2 atom stereocenters. The first-order chi connectivity index (χ1) is 10.2. The molecule has 108 valence electrons. The standard InChI is InChI=1S/C17H18N2O2/c18-11-12-6-8-13(9-7-12)17(21)19-10-2-4-15(19)14-3-1-5-16(14)20/h6-9,14-15H,1-5,10H2. The second-order valence-electron chi connectivity index (χ2n) is 5.86. The molecule has 4 nitrogen and oxygen atoms in total. The van der Waals surface area contributed by atoms with Gasteiger partial charge in [0.15, 0.2) is 0 Å². The van der Waals surface area contributed by atoms with Crippen molar-refractivity contribution in [3.8, 4) is 6.07 Å². The number of carbonyl (C=O) groups is 2. The molecule has 21 heavy (non-hydrogen) atoms. The van der Waals surface area contributed by atoms with Crippen LogP contribution >= 0.6 is 0 Å². The van der Waals surface area contributed by atoms with Gasteiger partial charge in [-0.15, -0.1) is 0 Å². The quantitative estimate of drug-likeness (QED) is 0.837. The second kappa shape index (κ2) is 5.69. The number of Topliss-reactive ketones (excluding diaryl/α,β-unsaturated/α-hetero) is 1. The minimum atomic E-state index is -0.0123. The molecule has 2 unspecified atom stereocenters. The fraction of sp³-hybridized carbons (Fsp3) is 0.471. The minimum absolute atomic E-state index is 0.0123. The van der Waals surface area contributed by atoms with Gasteiger partial charge in [0, 0.05) is 30.5 Å². The number of ketones is 1. The highest BCUT2D eigenvalue weighted by Crippen LogP contribution is 2.34. The molecule has 1 aliphatic carbocycles. The molecule has 1 saturated heterocycles. The van der Waals surface area contributed by atoms with Gasteiger partial charge in [0.05, 0.1) is 11.6 Å². The Balaban J connectivity index is 1.79. The number of nitrogens with zero attached hydrogens (tertiary/aromatic N) is 2. The van der Waals surface area contributed by atoms with E-state index in [4.69, 9.17) is 5.26 Å². The molecule has 0 bridgehead atoms. The Morgan fingerprint density at radius 3 is 2.57 bits per heavy atom. The van der Waals surface area contributed by atoms with E-state index in [0.29, 0.717) is 23.3 Å². The van der Waals surface area contributed by atoms with Crippen LogP contribution in [0.1, 0.15) is 48.0 Å². The predicted octanol–water partition coefficient (Wildman–Crippen LogP) is 2.53. The smallest absolute Gasteiger partial charge is 0.254 e. The van der Waals surface area contributed by atoms with Gasteiger partial charge >= 0.3 is 0 Å². The first-order valence-corrected chi connectivity index (χ1v) is 7.54. The summed E-state index contributed by atoms with van der Waals surface area (Å²) in [6.07, 6.45) is 4.44. The van der Waals surface area contributed by atoms with Crippen LogP contribution in [-0.2, 0) is 4.79 Å². The third-order valence-corrected chi connectivity index (χ3v) is 4.64. The molecule has 1 aliphatic heterocycles. The number of amides is 1. The summed E-state index contributed by atoms with van der Waals surface area (Å²) in [5, 5.41) is 8.81. The molecule has 1 amide bonds. The third-order valence-electron chi connectivity index (χ3n) is 4.64. The zero-order valence-corrected chi connectivity index (χ0v) is 11.9. The van der Waals surface area contributed by atoms with Crippen LogP contribution in [0, 0.1) is 17.2 Å². The molecule has 0 aromatic heterocycles. The second-order valence-corrected chi connectivity index (χ2v) is 5.86. The van der Waals surface area contributed by atoms with Crippen molar-refractivity contribution in [2.45, 2.75) is 38.1 Å². The van der Waals surface area contributed by atoms with Gasteiger partial charge in [-0.25, -0.2) is 0 Å². The molecular weight excluding hydrogens is 264 g/mol. The highest BCUT2D eigenvalue weighted by atomic mass is 16.2. The Morgan fingerprint density at radius 2 is 1.95 bits per heavy atom. The summed E-state index contributed by atoms with van der Waals surface area (Å²) in [5.74, 6) is 0.344. The van der Waals surface area contributed by atoms with Crippen LogP contribution in [0.3, 0.4) is 0 Å². The van der Waals surface area contributed by atoms with Crippen LogP contribution in [0.5, 0.6) is 0 Å². The Kier molecular flexibility index (Phi) is 3.74. The van der Waals surface area contributed by atoms with Crippen molar-refractivity contribution in [3.63, 3.8) is 0 Å². The van der Waals surface area contributed by atoms with Crippen molar-refractivity contribution >= 4 is 11.7 Å². The molecule has 2 fully saturated rings. The molecule has 2 aliphatic rings. The summed E-state index contributed by atoms with van der Waals surface area (Å²) >= 11 is 0. The zero-order valence-electron chi connectivity index (χ0n) is 11.9. The van der Waals surface area contributed by atoms with Crippen LogP contribution in [0.4, 0.5) is 0 Å². The van der Waals surface area contributed by atoms with E-state index in [1.54, 1.807) is 24.3 Å². The van der Waals surface area contributed by atoms with Crippen molar-refractivity contribution < 1.29 is 9.59 Å². The van der Waals surface area contributed by atoms with E-state index in [1.807, 2.05) is 4.90 Å². The molecule has 0 N–H and O–H groups in total. The highest BCUT2D eigenvalue weighted by Gasteiger charge is 2.40. The minimum Gasteiger partial charge on any atom is -0.335 e. The molecule has 1 aromatic carbocycles. The van der Waals surface area contributed by atoms with E-state index in [-0.39, 0.29) is 17.9 Å². The van der Waals surface area contributed by atoms with Crippen molar-refractivity contribution in [2.24, 2.45) is 5.92 Å². The molecule has 1 saturated carbocycles. The summed E-state index contributed by atoms with van der Waals surface area (Å²) in [5.41, 5.74) is 1.15. The number of nitriles is 1. The van der Waals surface area contributed by atoms with Gasteiger partial charge in [-0.1, -0.05) is 0 Å². The average Bonchev–Trinajstić information content (AvgIpc) is 3.14. The number of likely N-dealkylation sites (tertiary alicyclic amines) is 1. The lowest BCUT2D eigenvalue weighted by Gasteiger charge is -2.28. The van der Waals surface area contributed by atoms with E-state index in [1.165, 1.54) is 0 Å². The number of hydrogen-bond acceptors (Lipinski definition) is 3. The Bertz CT molecular complexity index is 600. The molecular formula is C17H18N2O2. The Morgan fingerprint density at radius 1 is 1.19 bits per heavy atom. The Labute approximate surface area is 124 Å². The van der Waals surface area contributed by atoms with Gasteiger partial charge in [0.1, 0.15) is 5.78 Å². The van der Waals surface area contributed by atoms with Crippen LogP contribution in [0.2, 0.25) is 0 Å². The average molecular weight is 282 g/mol. The lowest BCUT2D eigenvalue weighted by atomic mass is 9.94. The van der Waals surface area contributed by atoms with E-state index >= 15 is 0 Å². The van der Waals surface area contributed by atoms with Gasteiger partial charge in [-0.2, -0.15) is 5.26 Å². The molecule has 4 heteroatoms. The fourth-order valence-corrected chi connectivity index (χ4v) is 3.57. The van der Waals surface area contributed by atoms with Crippen LogP contribution in [-0.4, -0.2) is 29.2 Å². The van der Waals surface area contributed by atoms with Gasteiger partial charge in [-0.05, 0) is 49.9 Å². The number of rotatable bonds is 2. The summed E-state index contributed by atoms with van der Waals surface area (Å²) in [7, 11) is 0. The van der Waals surface area contributed by atoms with Crippen molar-refractivity contribution in [2.75, 3.05) is 6.54 Å². The largest absolute Gasteiger partial charge is 0.335 e. The fourth-order valence-electron chi connectivity index (χ4n) is 3.57. The van der Waals surface area contributed by atoms with E-state index in [9.17, 15) is 9.59 Å². The summed E-state index contributed by atoms with van der Waals surface area (Å²) in [6.45, 7) is 0.729. The maximum absolute atomic E-state index is 12.7. The number of carbonyl (C=O) groups excluding carboxylic acids is 2. The topological polar surface area (TPSA) is 61.2 Å². The van der Waals surface area contributed by atoms with Crippen molar-refractivity contribution in [1.29, 1.82) is 5.26 Å². The summed E-state index contributed by atoms with van der Waals surface area (Å²) < 4.78 is 0. The molecule has 1 heterocycles. The molecule has 0 radical (unpaired) electrons. The van der Waals surface area contributed by atoms with Crippen LogP contribution in [0.15, 0.2) is 24.3 Å². The summed E-state index contributed by atoms with van der Waals surface area (Å²) in [4.78, 5) is 26.5. The molecule has 0 spiro atoms. The van der Waals surface area contributed by atoms with Gasteiger partial charge in [0.25, 0.3) is 5.91 Å².